The fraction of sp³-hybridized carbons (Fsp3) is 0.400. The van der Waals surface area contributed by atoms with E-state index in [4.69, 9.17) is 16.1 Å². The molecule has 2 aromatic heterocycles. The molecule has 0 saturated carbocycles. The number of anilines is 1. The zero-order chi connectivity index (χ0) is 31.0. The molecule has 4 aromatic rings. The fourth-order valence-corrected chi connectivity index (χ4v) is 8.09. The number of hydrogen-bond donors (Lipinski definition) is 1. The second kappa shape index (κ2) is 10.4. The van der Waals surface area contributed by atoms with Gasteiger partial charge in [0.15, 0.2) is 5.82 Å². The first-order chi connectivity index (χ1) is 21.7. The smallest absolute Gasteiger partial charge is 0.319 e. The van der Waals surface area contributed by atoms with E-state index in [2.05, 4.69) is 37.6 Å². The van der Waals surface area contributed by atoms with Crippen LogP contribution in [-0.2, 0) is 0 Å². The molecule has 0 spiro atoms. The number of rotatable bonds is 5. The van der Waals surface area contributed by atoms with Crippen molar-refractivity contribution in [3.8, 4) is 29.6 Å². The van der Waals surface area contributed by atoms with E-state index < -0.39 is 23.3 Å². The SMILES string of the molecule is C#Cc1c(F)ccc2cccc(-c3ncc4c(N5CC6CCC(C5)N6)nc(OC[C@]56CC(=C)CN5[C@H](C)[C@H](F)C6)nc4c3F)c12. The lowest BCUT2D eigenvalue weighted by molar-refractivity contribution is 0.0879. The summed E-state index contributed by atoms with van der Waals surface area (Å²) in [5.74, 6) is 1.74. The van der Waals surface area contributed by atoms with Crippen LogP contribution in [-0.4, -0.2) is 75.9 Å². The number of alkyl halides is 1. The van der Waals surface area contributed by atoms with Crippen molar-refractivity contribution in [3.63, 3.8) is 0 Å². The molecule has 2 aromatic carbocycles. The second-order valence-corrected chi connectivity index (χ2v) is 13.1. The number of nitrogens with one attached hydrogen (secondary N) is 1. The van der Waals surface area contributed by atoms with E-state index in [0.29, 0.717) is 72.1 Å². The van der Waals surface area contributed by atoms with Crippen LogP contribution in [0, 0.1) is 24.0 Å². The Bertz CT molecular complexity index is 1910. The molecule has 2 unspecified atom stereocenters. The highest BCUT2D eigenvalue weighted by atomic mass is 19.1. The Balaban J connectivity index is 1.26. The van der Waals surface area contributed by atoms with Gasteiger partial charge in [-0.1, -0.05) is 42.3 Å². The first kappa shape index (κ1) is 28.3. The number of hydrogen-bond acceptors (Lipinski definition) is 7. The molecular formula is C35H33F3N6O. The Labute approximate surface area is 259 Å². The van der Waals surface area contributed by atoms with Crippen LogP contribution in [0.3, 0.4) is 0 Å². The van der Waals surface area contributed by atoms with Crippen molar-refractivity contribution in [1.29, 1.82) is 0 Å². The predicted octanol–water partition coefficient (Wildman–Crippen LogP) is 5.55. The third-order valence-corrected chi connectivity index (χ3v) is 10.2. The van der Waals surface area contributed by atoms with Gasteiger partial charge in [-0.2, -0.15) is 9.97 Å². The summed E-state index contributed by atoms with van der Waals surface area (Å²) >= 11 is 0. The summed E-state index contributed by atoms with van der Waals surface area (Å²) in [6.07, 6.45) is 9.38. The highest BCUT2D eigenvalue weighted by Crippen LogP contribution is 2.45. The van der Waals surface area contributed by atoms with Gasteiger partial charge in [-0.05, 0) is 37.6 Å². The van der Waals surface area contributed by atoms with Gasteiger partial charge in [0.05, 0.1) is 16.5 Å². The van der Waals surface area contributed by atoms with E-state index in [1.807, 2.05) is 6.92 Å². The molecule has 1 N–H and O–H groups in total. The first-order valence-corrected chi connectivity index (χ1v) is 15.5. The molecule has 0 radical (unpaired) electrons. The summed E-state index contributed by atoms with van der Waals surface area (Å²) in [5, 5.41) is 5.16. The van der Waals surface area contributed by atoms with Crippen LogP contribution >= 0.6 is 0 Å². The van der Waals surface area contributed by atoms with Crippen LogP contribution in [0.1, 0.15) is 38.2 Å². The molecule has 4 saturated heterocycles. The number of aromatic nitrogens is 3. The minimum absolute atomic E-state index is 0.00734. The Morgan fingerprint density at radius 3 is 2.73 bits per heavy atom. The van der Waals surface area contributed by atoms with Crippen LogP contribution < -0.4 is 15.0 Å². The first-order valence-electron chi connectivity index (χ1n) is 15.5. The summed E-state index contributed by atoms with van der Waals surface area (Å²) in [6.45, 7) is 8.24. The van der Waals surface area contributed by atoms with Crippen LogP contribution in [0.2, 0.25) is 0 Å². The van der Waals surface area contributed by atoms with Gasteiger partial charge in [-0.25, -0.2) is 13.2 Å². The third-order valence-electron chi connectivity index (χ3n) is 10.2. The summed E-state index contributed by atoms with van der Waals surface area (Å²) in [7, 11) is 0. The third kappa shape index (κ3) is 4.47. The Hall–Kier alpha value is -4.20. The highest BCUT2D eigenvalue weighted by molar-refractivity contribution is 6.02. The summed E-state index contributed by atoms with van der Waals surface area (Å²) < 4.78 is 52.8. The average molecular weight is 611 g/mol. The average Bonchev–Trinajstić information content (AvgIpc) is 3.63. The molecule has 4 fully saturated rings. The molecule has 7 nitrogen and oxygen atoms in total. The number of pyridine rings is 1. The highest BCUT2D eigenvalue weighted by Gasteiger charge is 2.54. The zero-order valence-electron chi connectivity index (χ0n) is 25.0. The molecule has 5 atom stereocenters. The molecule has 230 valence electrons. The van der Waals surface area contributed by atoms with E-state index in [1.54, 1.807) is 30.5 Å². The Morgan fingerprint density at radius 1 is 1.16 bits per heavy atom. The summed E-state index contributed by atoms with van der Waals surface area (Å²) in [5.41, 5.74) is 0.960. The summed E-state index contributed by atoms with van der Waals surface area (Å²) in [6, 6.07) is 8.56. The fourth-order valence-electron chi connectivity index (χ4n) is 8.09. The largest absolute Gasteiger partial charge is 0.461 e. The van der Waals surface area contributed by atoms with Crippen molar-refractivity contribution in [2.75, 3.05) is 31.1 Å². The molecule has 10 heteroatoms. The number of benzene rings is 2. The van der Waals surface area contributed by atoms with Gasteiger partial charge in [0.25, 0.3) is 0 Å². The zero-order valence-corrected chi connectivity index (χ0v) is 25.0. The number of halogens is 3. The maximum absolute atomic E-state index is 16.8. The Kier molecular flexibility index (Phi) is 6.55. The van der Waals surface area contributed by atoms with Crippen molar-refractivity contribution in [3.05, 3.63) is 65.9 Å². The molecule has 4 aliphatic heterocycles. The molecule has 4 aliphatic rings. The van der Waals surface area contributed by atoms with Gasteiger partial charge in [0.2, 0.25) is 0 Å². The molecule has 0 aliphatic carbocycles. The van der Waals surface area contributed by atoms with Gasteiger partial charge in [0.1, 0.15) is 35.6 Å². The molecule has 0 amide bonds. The number of fused-ring (bicyclic) bond motifs is 5. The van der Waals surface area contributed by atoms with Crippen LogP contribution in [0.15, 0.2) is 48.7 Å². The lowest BCUT2D eigenvalue weighted by Crippen LogP contribution is -2.51. The van der Waals surface area contributed by atoms with Crippen LogP contribution in [0.4, 0.5) is 19.0 Å². The molecule has 6 heterocycles. The van der Waals surface area contributed by atoms with E-state index in [0.717, 1.165) is 18.4 Å². The van der Waals surface area contributed by atoms with Gasteiger partial charge >= 0.3 is 6.01 Å². The standard InChI is InChI=1S/C35H33F3N6O/c1-4-24-27(36)11-8-21-6-5-7-25(29(21)24)31-30(38)32-26(14-39-31)33(43-16-22-9-10-23(17-43)40-22)42-34(41-32)45-18-35-12-19(2)15-44(35)20(3)28(37)13-35/h1,5-8,11,14,20,22-23,28,40H,2,9-10,12-13,15-18H2,3H3/t20-,22?,23?,28-,35-/m1/s1. The predicted molar refractivity (Wildman–Crippen MR) is 168 cm³/mol. The lowest BCUT2D eigenvalue weighted by atomic mass is 9.93. The van der Waals surface area contributed by atoms with Crippen LogP contribution in [0.5, 0.6) is 6.01 Å². The maximum atomic E-state index is 16.8. The number of piperazine rings is 1. The normalized spacial score (nSPS) is 27.8. The maximum Gasteiger partial charge on any atom is 0.319 e. The number of terminal acetylenes is 1. The van der Waals surface area contributed by atoms with E-state index in [1.165, 1.54) is 6.07 Å². The van der Waals surface area contributed by atoms with Gasteiger partial charge < -0.3 is 15.0 Å². The monoisotopic (exact) mass is 610 g/mol. The van der Waals surface area contributed by atoms with Gasteiger partial charge in [-0.15, -0.1) is 6.42 Å². The Morgan fingerprint density at radius 2 is 1.96 bits per heavy atom. The quantitative estimate of drug-likeness (QED) is 0.235. The van der Waals surface area contributed by atoms with Crippen molar-refractivity contribution in [2.24, 2.45) is 0 Å². The molecule has 8 rings (SSSR count). The van der Waals surface area contributed by atoms with Crippen molar-refractivity contribution >= 4 is 27.5 Å². The molecular weight excluding hydrogens is 577 g/mol. The van der Waals surface area contributed by atoms with Crippen molar-refractivity contribution in [2.45, 2.75) is 62.4 Å². The van der Waals surface area contributed by atoms with Crippen LogP contribution in [0.25, 0.3) is 32.9 Å². The van der Waals surface area contributed by atoms with Crippen molar-refractivity contribution < 1.29 is 17.9 Å². The topological polar surface area (TPSA) is 66.4 Å². The van der Waals surface area contributed by atoms with E-state index in [-0.39, 0.29) is 35.4 Å². The van der Waals surface area contributed by atoms with E-state index in [9.17, 15) is 8.78 Å². The second-order valence-electron chi connectivity index (χ2n) is 13.1. The number of ether oxygens (including phenoxy) is 1. The van der Waals surface area contributed by atoms with Gasteiger partial charge in [-0.3, -0.25) is 9.88 Å². The molecule has 2 bridgehead atoms. The van der Waals surface area contributed by atoms with Gasteiger partial charge in [0, 0.05) is 61.3 Å². The minimum Gasteiger partial charge on any atom is -0.461 e. The van der Waals surface area contributed by atoms with E-state index >= 15 is 4.39 Å². The van der Waals surface area contributed by atoms with Crippen molar-refractivity contribution in [1.82, 2.24) is 25.2 Å². The number of nitrogens with zero attached hydrogens (tertiary/aromatic N) is 5. The molecule has 45 heavy (non-hydrogen) atoms. The summed E-state index contributed by atoms with van der Waals surface area (Å²) in [4.78, 5) is 18.3. The minimum atomic E-state index is -0.976. The lowest BCUT2D eigenvalue weighted by Gasteiger charge is -2.35.